The fourth-order valence-electron chi connectivity index (χ4n) is 3.91. The lowest BCUT2D eigenvalue weighted by Crippen LogP contribution is -2.41. The topological polar surface area (TPSA) is 117 Å². The number of aromatic nitrogens is 3. The lowest BCUT2D eigenvalue weighted by molar-refractivity contribution is -0.0855. The Morgan fingerprint density at radius 1 is 1.07 bits per heavy atom. The zero-order valence-electron chi connectivity index (χ0n) is 21.2. The Hall–Kier alpha value is -4.32. The second-order valence-electron chi connectivity index (χ2n) is 8.87. The van der Waals surface area contributed by atoms with Crippen LogP contribution in [0.3, 0.4) is 0 Å². The van der Waals surface area contributed by atoms with Gasteiger partial charge in [-0.2, -0.15) is 14.4 Å². The number of hydrogen-bond acceptors (Lipinski definition) is 8. The van der Waals surface area contributed by atoms with Crippen LogP contribution < -0.4 is 20.9 Å². The molecule has 2 N–H and O–H groups in total. The summed E-state index contributed by atoms with van der Waals surface area (Å²) in [6.45, 7) is 1.84. The molecule has 40 heavy (non-hydrogen) atoms. The van der Waals surface area contributed by atoms with Gasteiger partial charge in [0.1, 0.15) is 11.3 Å². The maximum Gasteiger partial charge on any atom is 0.287 e. The zero-order chi connectivity index (χ0) is 27.9. The van der Waals surface area contributed by atoms with Gasteiger partial charge in [0.05, 0.1) is 32.5 Å². The molecule has 1 atom stereocenters. The Bertz CT molecular complexity index is 1530. The van der Waals surface area contributed by atoms with Gasteiger partial charge in [-0.05, 0) is 48.0 Å². The van der Waals surface area contributed by atoms with Crippen LogP contribution in [0.1, 0.15) is 15.9 Å². The molecule has 0 aliphatic carbocycles. The van der Waals surface area contributed by atoms with E-state index in [9.17, 15) is 14.0 Å². The molecule has 2 aromatic heterocycles. The van der Waals surface area contributed by atoms with Crippen LogP contribution in [-0.4, -0.2) is 52.9 Å². The van der Waals surface area contributed by atoms with E-state index in [4.69, 9.17) is 25.8 Å². The first-order chi connectivity index (χ1) is 19.4. The molecule has 1 unspecified atom stereocenters. The second kappa shape index (κ2) is 12.7. The molecular weight excluding hydrogens is 541 g/mol. The van der Waals surface area contributed by atoms with E-state index in [0.717, 1.165) is 5.56 Å². The molecule has 1 fully saturated rings. The SMILES string of the molecule is O=C(NCC1COCCO1)c1cn(Cc2ccc(Cl)cc2)c(Nc2ccc(Oc3cccc(F)n3)cc2)nc1=O. The van der Waals surface area contributed by atoms with Crippen molar-refractivity contribution in [2.24, 2.45) is 0 Å². The largest absolute Gasteiger partial charge is 0.439 e. The summed E-state index contributed by atoms with van der Waals surface area (Å²) in [6.07, 6.45) is 1.18. The number of rotatable bonds is 9. The number of ether oxygens (including phenoxy) is 3. The monoisotopic (exact) mass is 565 g/mol. The van der Waals surface area contributed by atoms with Crippen LogP contribution in [0.25, 0.3) is 0 Å². The number of pyridine rings is 1. The number of nitrogens with zero attached hydrogens (tertiary/aromatic N) is 3. The van der Waals surface area contributed by atoms with Crippen LogP contribution in [0.4, 0.5) is 16.0 Å². The number of anilines is 2. The number of nitrogens with one attached hydrogen (secondary N) is 2. The predicted molar refractivity (Wildman–Crippen MR) is 146 cm³/mol. The highest BCUT2D eigenvalue weighted by molar-refractivity contribution is 6.30. The van der Waals surface area contributed by atoms with Crippen molar-refractivity contribution in [2.45, 2.75) is 12.6 Å². The molecule has 5 rings (SSSR count). The number of carbonyl (C=O) groups excluding carboxylic acids is 1. The Morgan fingerprint density at radius 3 is 2.60 bits per heavy atom. The minimum Gasteiger partial charge on any atom is -0.439 e. The molecule has 0 radical (unpaired) electrons. The van der Waals surface area contributed by atoms with E-state index in [1.165, 1.54) is 18.3 Å². The normalized spacial score (nSPS) is 14.9. The Balaban J connectivity index is 1.36. The lowest BCUT2D eigenvalue weighted by atomic mass is 10.2. The number of amides is 1. The standard InChI is InChI=1S/C28H25ClFN5O5/c29-19-6-4-18(5-7-19)15-35-16-23(26(36)31-14-22-17-38-12-13-39-22)27(37)34-28(35)32-20-8-10-21(11-9-20)40-25-3-1-2-24(30)33-25/h1-11,16,22H,12-15,17H2,(H,31,36)(H,32,34,37). The fraction of sp³-hybridized carbons (Fsp3) is 0.214. The average molecular weight is 566 g/mol. The Labute approximate surface area is 233 Å². The van der Waals surface area contributed by atoms with Gasteiger partial charge in [0.2, 0.25) is 17.8 Å². The van der Waals surface area contributed by atoms with Crippen molar-refractivity contribution < 1.29 is 23.4 Å². The van der Waals surface area contributed by atoms with Crippen molar-refractivity contribution in [2.75, 3.05) is 31.7 Å². The molecule has 1 amide bonds. The Morgan fingerprint density at radius 2 is 1.88 bits per heavy atom. The van der Waals surface area contributed by atoms with Crippen molar-refractivity contribution in [3.8, 4) is 11.6 Å². The molecule has 4 aromatic rings. The first kappa shape index (κ1) is 27.3. The van der Waals surface area contributed by atoms with Crippen LogP contribution in [-0.2, 0) is 16.0 Å². The first-order valence-corrected chi connectivity index (χ1v) is 12.8. The molecule has 0 saturated carbocycles. The Kier molecular flexibility index (Phi) is 8.65. The van der Waals surface area contributed by atoms with E-state index in [-0.39, 0.29) is 30.0 Å². The van der Waals surface area contributed by atoms with Gasteiger partial charge < -0.3 is 29.4 Å². The van der Waals surface area contributed by atoms with Gasteiger partial charge in [-0.1, -0.05) is 29.8 Å². The van der Waals surface area contributed by atoms with Crippen LogP contribution in [0.15, 0.2) is 77.7 Å². The van der Waals surface area contributed by atoms with E-state index >= 15 is 0 Å². The van der Waals surface area contributed by atoms with Gasteiger partial charge in [-0.15, -0.1) is 0 Å². The summed E-state index contributed by atoms with van der Waals surface area (Å²) < 4.78 is 31.5. The molecule has 1 aliphatic heterocycles. The van der Waals surface area contributed by atoms with Crippen LogP contribution in [0.2, 0.25) is 5.02 Å². The lowest BCUT2D eigenvalue weighted by Gasteiger charge is -2.23. The maximum atomic E-state index is 13.4. The number of halogens is 2. The van der Waals surface area contributed by atoms with Crippen LogP contribution >= 0.6 is 11.6 Å². The van der Waals surface area contributed by atoms with Crippen molar-refractivity contribution in [1.82, 2.24) is 19.9 Å². The average Bonchev–Trinajstić information content (AvgIpc) is 2.96. The minimum absolute atomic E-state index is 0.109. The van der Waals surface area contributed by atoms with Crippen LogP contribution in [0, 0.1) is 5.95 Å². The van der Waals surface area contributed by atoms with Gasteiger partial charge in [-0.3, -0.25) is 9.59 Å². The summed E-state index contributed by atoms with van der Waals surface area (Å²) >= 11 is 6.03. The van der Waals surface area contributed by atoms with E-state index in [1.807, 2.05) is 12.1 Å². The molecule has 12 heteroatoms. The van der Waals surface area contributed by atoms with E-state index in [1.54, 1.807) is 47.0 Å². The van der Waals surface area contributed by atoms with Gasteiger partial charge in [-0.25, -0.2) is 0 Å². The minimum atomic E-state index is -0.690. The third-order valence-corrected chi connectivity index (χ3v) is 6.16. The number of hydrogen-bond donors (Lipinski definition) is 2. The van der Waals surface area contributed by atoms with Crippen molar-refractivity contribution >= 4 is 29.1 Å². The third-order valence-electron chi connectivity index (χ3n) is 5.90. The quantitative estimate of drug-likeness (QED) is 0.291. The second-order valence-corrected chi connectivity index (χ2v) is 9.30. The summed E-state index contributed by atoms with van der Waals surface area (Å²) in [5.74, 6) is -0.421. The molecule has 1 aliphatic rings. The molecule has 2 aromatic carbocycles. The maximum absolute atomic E-state index is 13.4. The fourth-order valence-corrected chi connectivity index (χ4v) is 4.04. The summed E-state index contributed by atoms with van der Waals surface area (Å²) in [5, 5.41) is 6.44. The molecule has 1 saturated heterocycles. The van der Waals surface area contributed by atoms with Crippen molar-refractivity contribution in [3.63, 3.8) is 0 Å². The smallest absolute Gasteiger partial charge is 0.287 e. The summed E-state index contributed by atoms with van der Waals surface area (Å²) in [6, 6.07) is 18.2. The molecule has 0 bridgehead atoms. The van der Waals surface area contributed by atoms with Crippen LogP contribution in [0.5, 0.6) is 11.6 Å². The predicted octanol–water partition coefficient (Wildman–Crippen LogP) is 4.16. The van der Waals surface area contributed by atoms with E-state index in [0.29, 0.717) is 42.8 Å². The van der Waals surface area contributed by atoms with Gasteiger partial charge in [0.25, 0.3) is 11.5 Å². The van der Waals surface area contributed by atoms with Crippen molar-refractivity contribution in [3.05, 3.63) is 105 Å². The highest BCUT2D eigenvalue weighted by atomic mass is 35.5. The van der Waals surface area contributed by atoms with Gasteiger partial charge >= 0.3 is 0 Å². The zero-order valence-corrected chi connectivity index (χ0v) is 21.9. The number of benzene rings is 2. The summed E-state index contributed by atoms with van der Waals surface area (Å²) in [7, 11) is 0. The van der Waals surface area contributed by atoms with Gasteiger partial charge in [0.15, 0.2) is 0 Å². The summed E-state index contributed by atoms with van der Waals surface area (Å²) in [5.41, 5.74) is 0.680. The van der Waals surface area contributed by atoms with E-state index in [2.05, 4.69) is 20.6 Å². The molecule has 206 valence electrons. The van der Waals surface area contributed by atoms with E-state index < -0.39 is 17.4 Å². The molecule has 0 spiro atoms. The first-order valence-electron chi connectivity index (χ1n) is 12.4. The highest BCUT2D eigenvalue weighted by Gasteiger charge is 2.19. The van der Waals surface area contributed by atoms with Crippen molar-refractivity contribution in [1.29, 1.82) is 0 Å². The third kappa shape index (κ3) is 7.20. The van der Waals surface area contributed by atoms with Gasteiger partial charge in [0, 0.05) is 29.5 Å². The molecular formula is C28H25ClFN5O5. The highest BCUT2D eigenvalue weighted by Crippen LogP contribution is 2.23. The molecule has 3 heterocycles. The molecule has 10 nitrogen and oxygen atoms in total. The number of carbonyl (C=O) groups is 1. The summed E-state index contributed by atoms with van der Waals surface area (Å²) in [4.78, 5) is 33.6.